The van der Waals surface area contributed by atoms with Crippen LogP contribution in [0.1, 0.15) is 60.3 Å². The third kappa shape index (κ3) is 4.94. The standard InChI is InChI=1S/C27H32N4O3/c1-17-20(25(32)7-6-12-33-4)14-19(34-5)15-24(17)31-26-28-11-9-22(30-26)18-13-21-23(29-16-18)8-10-27(21,2)3/h9,11,13-16H,6-8,10,12H2,1-5H3,(H,28,30,31). The van der Waals surface area contributed by atoms with Gasteiger partial charge in [0.1, 0.15) is 5.75 Å². The number of aryl methyl sites for hydroxylation is 1. The second kappa shape index (κ2) is 9.89. The van der Waals surface area contributed by atoms with Crippen LogP contribution in [0.15, 0.2) is 36.7 Å². The normalized spacial score (nSPS) is 14.0. The minimum Gasteiger partial charge on any atom is -0.497 e. The van der Waals surface area contributed by atoms with Gasteiger partial charge in [0.2, 0.25) is 5.95 Å². The Morgan fingerprint density at radius 3 is 2.76 bits per heavy atom. The Morgan fingerprint density at radius 1 is 1.18 bits per heavy atom. The first-order valence-corrected chi connectivity index (χ1v) is 11.6. The number of anilines is 2. The summed E-state index contributed by atoms with van der Waals surface area (Å²) in [4.78, 5) is 26.7. The second-order valence-electron chi connectivity index (χ2n) is 9.36. The van der Waals surface area contributed by atoms with E-state index in [0.717, 1.165) is 35.3 Å². The number of Topliss-reactive ketones (excluding diaryl/α,β-unsaturated/α-hetero) is 1. The molecule has 7 heteroatoms. The molecular weight excluding hydrogens is 428 g/mol. The molecule has 7 nitrogen and oxygen atoms in total. The zero-order chi connectivity index (χ0) is 24.3. The summed E-state index contributed by atoms with van der Waals surface area (Å²) in [5.41, 5.74) is 6.55. The van der Waals surface area contributed by atoms with E-state index >= 15 is 0 Å². The highest BCUT2D eigenvalue weighted by Crippen LogP contribution is 2.39. The maximum Gasteiger partial charge on any atom is 0.227 e. The fourth-order valence-corrected chi connectivity index (χ4v) is 4.42. The van der Waals surface area contributed by atoms with Crippen molar-refractivity contribution in [2.45, 2.75) is 51.9 Å². The van der Waals surface area contributed by atoms with Crippen LogP contribution < -0.4 is 10.1 Å². The molecule has 1 N–H and O–H groups in total. The van der Waals surface area contributed by atoms with Gasteiger partial charge in [-0.15, -0.1) is 0 Å². The lowest BCUT2D eigenvalue weighted by molar-refractivity contribution is 0.0962. The molecular formula is C27H32N4O3. The highest BCUT2D eigenvalue weighted by atomic mass is 16.5. The van der Waals surface area contributed by atoms with E-state index in [1.165, 1.54) is 11.3 Å². The lowest BCUT2D eigenvalue weighted by Crippen LogP contribution is -2.12. The lowest BCUT2D eigenvalue weighted by atomic mass is 9.86. The maximum atomic E-state index is 12.8. The SMILES string of the molecule is COCCCC(=O)c1cc(OC)cc(Nc2nccc(-c3cnc4c(c3)C(C)(C)CC4)n2)c1C. The highest BCUT2D eigenvalue weighted by molar-refractivity contribution is 5.99. The van der Waals surface area contributed by atoms with Crippen molar-refractivity contribution < 1.29 is 14.3 Å². The van der Waals surface area contributed by atoms with Gasteiger partial charge >= 0.3 is 0 Å². The number of carbonyl (C=O) groups excluding carboxylic acids is 1. The number of aromatic nitrogens is 3. The second-order valence-corrected chi connectivity index (χ2v) is 9.36. The molecule has 0 aliphatic heterocycles. The third-order valence-electron chi connectivity index (χ3n) is 6.55. The summed E-state index contributed by atoms with van der Waals surface area (Å²) in [6, 6.07) is 7.73. The predicted molar refractivity (Wildman–Crippen MR) is 133 cm³/mol. The predicted octanol–water partition coefficient (Wildman–Crippen LogP) is 5.43. The molecule has 178 valence electrons. The van der Waals surface area contributed by atoms with Gasteiger partial charge in [0.15, 0.2) is 5.78 Å². The summed E-state index contributed by atoms with van der Waals surface area (Å²) < 4.78 is 10.5. The summed E-state index contributed by atoms with van der Waals surface area (Å²) in [5.74, 6) is 1.11. The van der Waals surface area contributed by atoms with Gasteiger partial charge in [-0.1, -0.05) is 13.8 Å². The van der Waals surface area contributed by atoms with Gasteiger partial charge < -0.3 is 14.8 Å². The average Bonchev–Trinajstić information content (AvgIpc) is 3.14. The van der Waals surface area contributed by atoms with Crippen molar-refractivity contribution in [3.63, 3.8) is 0 Å². The highest BCUT2D eigenvalue weighted by Gasteiger charge is 2.31. The number of fused-ring (bicyclic) bond motifs is 1. The summed E-state index contributed by atoms with van der Waals surface area (Å²) in [7, 11) is 3.23. The Kier molecular flexibility index (Phi) is 6.93. The molecule has 0 saturated heterocycles. The summed E-state index contributed by atoms with van der Waals surface area (Å²) in [5, 5.41) is 3.29. The van der Waals surface area contributed by atoms with Crippen molar-refractivity contribution in [2.24, 2.45) is 0 Å². The van der Waals surface area contributed by atoms with Crippen LogP contribution in [-0.4, -0.2) is 41.6 Å². The zero-order valence-electron chi connectivity index (χ0n) is 20.6. The largest absolute Gasteiger partial charge is 0.497 e. The number of hydrogen-bond acceptors (Lipinski definition) is 7. The fourth-order valence-electron chi connectivity index (χ4n) is 4.42. The van der Waals surface area contributed by atoms with Gasteiger partial charge in [0, 0.05) is 61.1 Å². The maximum absolute atomic E-state index is 12.8. The zero-order valence-corrected chi connectivity index (χ0v) is 20.6. The molecule has 0 spiro atoms. The van der Waals surface area contributed by atoms with Gasteiger partial charge in [-0.3, -0.25) is 9.78 Å². The van der Waals surface area contributed by atoms with Crippen molar-refractivity contribution in [3.8, 4) is 17.0 Å². The Morgan fingerprint density at radius 2 is 2.00 bits per heavy atom. The Balaban J connectivity index is 1.62. The van der Waals surface area contributed by atoms with Crippen LogP contribution in [0, 0.1) is 6.92 Å². The van der Waals surface area contributed by atoms with Crippen LogP contribution in [0.2, 0.25) is 0 Å². The van der Waals surface area contributed by atoms with E-state index in [-0.39, 0.29) is 11.2 Å². The first-order chi connectivity index (χ1) is 16.3. The number of ketones is 1. The van der Waals surface area contributed by atoms with Gasteiger partial charge in [0.05, 0.1) is 12.8 Å². The van der Waals surface area contributed by atoms with Gasteiger partial charge in [-0.25, -0.2) is 9.97 Å². The minimum absolute atomic E-state index is 0.0537. The van der Waals surface area contributed by atoms with E-state index in [4.69, 9.17) is 19.4 Å². The minimum atomic E-state index is 0.0537. The molecule has 1 aromatic carbocycles. The van der Waals surface area contributed by atoms with E-state index < -0.39 is 0 Å². The number of rotatable bonds is 9. The van der Waals surface area contributed by atoms with Crippen molar-refractivity contribution >= 4 is 17.4 Å². The average molecular weight is 461 g/mol. The van der Waals surface area contributed by atoms with Crippen molar-refractivity contribution in [3.05, 3.63) is 59.0 Å². The first kappa shape index (κ1) is 23.8. The molecule has 0 amide bonds. The summed E-state index contributed by atoms with van der Waals surface area (Å²) in [6.45, 7) is 6.99. The van der Waals surface area contributed by atoms with Crippen LogP contribution in [0.25, 0.3) is 11.3 Å². The van der Waals surface area contributed by atoms with Crippen LogP contribution in [0.3, 0.4) is 0 Å². The molecule has 3 aromatic rings. The van der Waals surface area contributed by atoms with E-state index in [1.54, 1.807) is 26.5 Å². The van der Waals surface area contributed by atoms with Crippen LogP contribution in [0.4, 0.5) is 11.6 Å². The number of hydrogen-bond donors (Lipinski definition) is 1. The number of ether oxygens (including phenoxy) is 2. The first-order valence-electron chi connectivity index (χ1n) is 11.6. The topological polar surface area (TPSA) is 86.2 Å². The molecule has 0 atom stereocenters. The number of pyridine rings is 1. The van der Waals surface area contributed by atoms with E-state index in [1.807, 2.05) is 25.3 Å². The number of benzene rings is 1. The summed E-state index contributed by atoms with van der Waals surface area (Å²) in [6.07, 6.45) is 6.83. The van der Waals surface area contributed by atoms with Gasteiger partial charge in [-0.05, 0) is 60.9 Å². The lowest BCUT2D eigenvalue weighted by Gasteiger charge is -2.19. The summed E-state index contributed by atoms with van der Waals surface area (Å²) >= 11 is 0. The van der Waals surface area contributed by atoms with Crippen LogP contribution in [-0.2, 0) is 16.6 Å². The van der Waals surface area contributed by atoms with Gasteiger partial charge in [-0.2, -0.15) is 0 Å². The van der Waals surface area contributed by atoms with Gasteiger partial charge in [0.25, 0.3) is 0 Å². The monoisotopic (exact) mass is 460 g/mol. The molecule has 0 fully saturated rings. The number of methoxy groups -OCH3 is 2. The third-order valence-corrected chi connectivity index (χ3v) is 6.55. The Hall–Kier alpha value is -3.32. The molecule has 4 rings (SSSR count). The quantitative estimate of drug-likeness (QED) is 0.336. The Labute approximate surface area is 201 Å². The molecule has 2 aromatic heterocycles. The van der Waals surface area contributed by atoms with Crippen LogP contribution in [0.5, 0.6) is 5.75 Å². The molecule has 34 heavy (non-hydrogen) atoms. The molecule has 0 unspecified atom stereocenters. The number of nitrogens with zero attached hydrogens (tertiary/aromatic N) is 3. The van der Waals surface area contributed by atoms with Crippen LogP contribution >= 0.6 is 0 Å². The Bertz CT molecular complexity index is 1210. The fraction of sp³-hybridized carbons (Fsp3) is 0.407. The van der Waals surface area contributed by atoms with E-state index in [2.05, 4.69) is 30.2 Å². The van der Waals surface area contributed by atoms with Crippen molar-refractivity contribution in [1.29, 1.82) is 0 Å². The number of nitrogens with one attached hydrogen (secondary N) is 1. The number of carbonyl (C=O) groups is 1. The smallest absolute Gasteiger partial charge is 0.227 e. The van der Waals surface area contributed by atoms with E-state index in [9.17, 15) is 4.79 Å². The molecule has 1 aliphatic rings. The molecule has 2 heterocycles. The van der Waals surface area contributed by atoms with Crippen molar-refractivity contribution in [2.75, 3.05) is 26.1 Å². The molecule has 0 radical (unpaired) electrons. The van der Waals surface area contributed by atoms with E-state index in [0.29, 0.717) is 36.7 Å². The molecule has 0 bridgehead atoms. The molecule has 1 aliphatic carbocycles. The van der Waals surface area contributed by atoms with Crippen molar-refractivity contribution in [1.82, 2.24) is 15.0 Å². The molecule has 0 saturated carbocycles.